The summed E-state index contributed by atoms with van der Waals surface area (Å²) in [6.07, 6.45) is 3.37. The lowest BCUT2D eigenvalue weighted by Gasteiger charge is -2.29. The van der Waals surface area contributed by atoms with Gasteiger partial charge in [-0.2, -0.15) is 4.98 Å². The van der Waals surface area contributed by atoms with Gasteiger partial charge in [0.2, 0.25) is 16.0 Å². The Morgan fingerprint density at radius 2 is 1.66 bits per heavy atom. The Morgan fingerprint density at radius 3 is 2.46 bits per heavy atom. The number of sulfonamides is 1. The molecule has 0 unspecified atom stereocenters. The monoisotopic (exact) mass is 491 g/mol. The number of ether oxygens (including phenoxy) is 1. The highest BCUT2D eigenvalue weighted by molar-refractivity contribution is 7.89. The molecule has 0 radical (unpaired) electrons. The van der Waals surface area contributed by atoms with E-state index in [4.69, 9.17) is 10.5 Å². The standard InChI is InChI=1S/C26H29N5O3S/c1-34-22-10-5-9-21-24(22)29-26(30-25(21)27)28-16-17-12-14-19(15-13-17)31-35(32,33)23-11-4-7-18-6-2-3-8-20(18)23/h2-11,17,19,31H,12-16H2,1H3,(H3,27,28,29,30). The normalized spacial score (nSPS) is 18.5. The molecule has 1 fully saturated rings. The van der Waals surface area contributed by atoms with Crippen molar-refractivity contribution >= 4 is 43.5 Å². The van der Waals surface area contributed by atoms with Gasteiger partial charge in [0.25, 0.3) is 0 Å². The molecule has 35 heavy (non-hydrogen) atoms. The van der Waals surface area contributed by atoms with Crippen molar-refractivity contribution in [1.82, 2.24) is 14.7 Å². The molecule has 0 amide bonds. The SMILES string of the molecule is COc1cccc2c(N)nc(NCC3CCC(NS(=O)(=O)c4cccc5ccccc45)CC3)nc12. The van der Waals surface area contributed by atoms with Crippen LogP contribution in [-0.2, 0) is 10.0 Å². The van der Waals surface area contributed by atoms with Crippen LogP contribution in [0.15, 0.2) is 65.6 Å². The number of rotatable bonds is 7. The van der Waals surface area contributed by atoms with E-state index in [0.29, 0.717) is 40.4 Å². The minimum atomic E-state index is -3.60. The zero-order chi connectivity index (χ0) is 24.4. The topological polar surface area (TPSA) is 119 Å². The van der Waals surface area contributed by atoms with E-state index in [1.54, 1.807) is 19.2 Å². The van der Waals surface area contributed by atoms with Crippen molar-refractivity contribution in [3.63, 3.8) is 0 Å². The molecule has 1 aromatic heterocycles. The quantitative estimate of drug-likeness (QED) is 0.352. The molecule has 4 aromatic rings. The number of aromatic nitrogens is 2. The average molecular weight is 492 g/mol. The van der Waals surface area contributed by atoms with Gasteiger partial charge in [-0.1, -0.05) is 42.5 Å². The second kappa shape index (κ2) is 9.67. The van der Waals surface area contributed by atoms with Crippen LogP contribution < -0.4 is 20.5 Å². The molecule has 1 aliphatic carbocycles. The molecule has 8 nitrogen and oxygen atoms in total. The third kappa shape index (κ3) is 4.87. The molecule has 0 spiro atoms. The highest BCUT2D eigenvalue weighted by atomic mass is 32.2. The summed E-state index contributed by atoms with van der Waals surface area (Å²) in [7, 11) is -2.00. The minimum Gasteiger partial charge on any atom is -0.494 e. The molecule has 1 saturated carbocycles. The van der Waals surface area contributed by atoms with Crippen LogP contribution >= 0.6 is 0 Å². The number of nitrogens with two attached hydrogens (primary N) is 1. The molecule has 4 N–H and O–H groups in total. The summed E-state index contributed by atoms with van der Waals surface area (Å²) in [6, 6.07) is 18.4. The third-order valence-corrected chi connectivity index (χ3v) is 8.27. The van der Waals surface area contributed by atoms with Crippen molar-refractivity contribution in [2.45, 2.75) is 36.6 Å². The summed E-state index contributed by atoms with van der Waals surface area (Å²) >= 11 is 0. The number of para-hydroxylation sites is 1. The van der Waals surface area contributed by atoms with Crippen LogP contribution in [-0.4, -0.2) is 38.1 Å². The highest BCUT2D eigenvalue weighted by Gasteiger charge is 2.27. The van der Waals surface area contributed by atoms with E-state index < -0.39 is 10.0 Å². The first kappa shape index (κ1) is 23.3. The molecular weight excluding hydrogens is 462 g/mol. The predicted octanol–water partition coefficient (Wildman–Crippen LogP) is 4.32. The summed E-state index contributed by atoms with van der Waals surface area (Å²) in [5.74, 6) is 1.92. The Balaban J connectivity index is 1.20. The first-order valence-electron chi connectivity index (χ1n) is 11.8. The number of nitrogen functional groups attached to an aromatic ring is 1. The number of nitrogens with zero attached hydrogens (tertiary/aromatic N) is 2. The van der Waals surface area contributed by atoms with Gasteiger partial charge in [-0.3, -0.25) is 0 Å². The van der Waals surface area contributed by atoms with Gasteiger partial charge in [0.15, 0.2) is 0 Å². The Kier molecular flexibility index (Phi) is 6.44. The highest BCUT2D eigenvalue weighted by Crippen LogP contribution is 2.30. The smallest absolute Gasteiger partial charge is 0.241 e. The summed E-state index contributed by atoms with van der Waals surface area (Å²) in [4.78, 5) is 9.32. The van der Waals surface area contributed by atoms with Crippen molar-refractivity contribution in [3.05, 3.63) is 60.7 Å². The van der Waals surface area contributed by atoms with Crippen molar-refractivity contribution in [1.29, 1.82) is 0 Å². The lowest BCUT2D eigenvalue weighted by atomic mass is 9.86. The van der Waals surface area contributed by atoms with Crippen LogP contribution in [0.2, 0.25) is 0 Å². The summed E-state index contributed by atoms with van der Waals surface area (Å²) < 4.78 is 34.6. The van der Waals surface area contributed by atoms with E-state index in [-0.39, 0.29) is 6.04 Å². The number of benzene rings is 3. The summed E-state index contributed by atoms with van der Waals surface area (Å²) in [5, 5.41) is 5.73. The second-order valence-corrected chi connectivity index (χ2v) is 10.7. The molecule has 3 aromatic carbocycles. The Labute approximate surface area is 205 Å². The Bertz CT molecular complexity index is 1460. The average Bonchev–Trinajstić information content (AvgIpc) is 2.87. The fourth-order valence-corrected chi connectivity index (χ4v) is 6.36. The molecule has 0 bridgehead atoms. The summed E-state index contributed by atoms with van der Waals surface area (Å²) in [6.45, 7) is 0.697. The lowest BCUT2D eigenvalue weighted by Crippen LogP contribution is -2.38. The first-order chi connectivity index (χ1) is 16.9. The molecule has 5 rings (SSSR count). The Morgan fingerprint density at radius 1 is 0.943 bits per heavy atom. The van der Waals surface area contributed by atoms with Gasteiger partial charge < -0.3 is 15.8 Å². The van der Waals surface area contributed by atoms with Crippen molar-refractivity contribution in [2.24, 2.45) is 5.92 Å². The maximum atomic E-state index is 13.1. The molecular formula is C26H29N5O3S. The van der Waals surface area contributed by atoms with Gasteiger partial charge in [0, 0.05) is 23.4 Å². The zero-order valence-corrected chi connectivity index (χ0v) is 20.4. The van der Waals surface area contributed by atoms with Crippen molar-refractivity contribution < 1.29 is 13.2 Å². The van der Waals surface area contributed by atoms with Crippen molar-refractivity contribution in [3.8, 4) is 5.75 Å². The molecule has 9 heteroatoms. The molecule has 0 aliphatic heterocycles. The van der Waals surface area contributed by atoms with Crippen molar-refractivity contribution in [2.75, 3.05) is 24.7 Å². The number of anilines is 2. The van der Waals surface area contributed by atoms with E-state index in [2.05, 4.69) is 20.0 Å². The Hall–Kier alpha value is -3.43. The number of nitrogens with one attached hydrogen (secondary N) is 2. The van der Waals surface area contributed by atoms with Crippen LogP contribution in [0, 0.1) is 5.92 Å². The largest absolute Gasteiger partial charge is 0.494 e. The van der Waals surface area contributed by atoms with Gasteiger partial charge in [-0.05, 0) is 55.2 Å². The van der Waals surface area contributed by atoms with Gasteiger partial charge in [-0.15, -0.1) is 0 Å². The molecule has 0 atom stereocenters. The molecule has 182 valence electrons. The fraction of sp³-hybridized carbons (Fsp3) is 0.308. The van der Waals surface area contributed by atoms with E-state index in [0.717, 1.165) is 41.8 Å². The van der Waals surface area contributed by atoms with E-state index in [1.807, 2.05) is 48.5 Å². The van der Waals surface area contributed by atoms with E-state index in [1.165, 1.54) is 0 Å². The minimum absolute atomic E-state index is 0.0768. The fourth-order valence-electron chi connectivity index (χ4n) is 4.83. The molecule has 1 heterocycles. The molecule has 1 aliphatic rings. The summed E-state index contributed by atoms with van der Waals surface area (Å²) in [5.41, 5.74) is 6.81. The van der Waals surface area contributed by atoms with E-state index >= 15 is 0 Å². The predicted molar refractivity (Wildman–Crippen MR) is 139 cm³/mol. The van der Waals surface area contributed by atoms with Crippen LogP contribution in [0.25, 0.3) is 21.7 Å². The maximum Gasteiger partial charge on any atom is 0.241 e. The van der Waals surface area contributed by atoms with Crippen LogP contribution in [0.3, 0.4) is 0 Å². The van der Waals surface area contributed by atoms with Gasteiger partial charge >= 0.3 is 0 Å². The maximum absolute atomic E-state index is 13.1. The number of fused-ring (bicyclic) bond motifs is 2. The number of hydrogen-bond donors (Lipinski definition) is 3. The lowest BCUT2D eigenvalue weighted by molar-refractivity contribution is 0.324. The third-order valence-electron chi connectivity index (χ3n) is 6.70. The molecule has 0 saturated heterocycles. The van der Waals surface area contributed by atoms with E-state index in [9.17, 15) is 8.42 Å². The van der Waals surface area contributed by atoms with Crippen LogP contribution in [0.5, 0.6) is 5.75 Å². The number of hydrogen-bond acceptors (Lipinski definition) is 7. The van der Waals surface area contributed by atoms with Gasteiger partial charge in [0.05, 0.1) is 12.0 Å². The first-order valence-corrected chi connectivity index (χ1v) is 13.3. The van der Waals surface area contributed by atoms with Crippen LogP contribution in [0.1, 0.15) is 25.7 Å². The van der Waals surface area contributed by atoms with Crippen LogP contribution in [0.4, 0.5) is 11.8 Å². The second-order valence-electron chi connectivity index (χ2n) is 8.99. The number of methoxy groups -OCH3 is 1. The van der Waals surface area contributed by atoms with Gasteiger partial charge in [-0.25, -0.2) is 18.1 Å². The van der Waals surface area contributed by atoms with Gasteiger partial charge in [0.1, 0.15) is 17.1 Å². The zero-order valence-electron chi connectivity index (χ0n) is 19.6.